The van der Waals surface area contributed by atoms with Crippen molar-refractivity contribution in [3.05, 3.63) is 29.8 Å². The van der Waals surface area contributed by atoms with Crippen molar-refractivity contribution < 1.29 is 4.21 Å². The highest BCUT2D eigenvalue weighted by Gasteiger charge is 2.28. The van der Waals surface area contributed by atoms with E-state index >= 15 is 0 Å². The summed E-state index contributed by atoms with van der Waals surface area (Å²) in [5.74, 6) is 0. The van der Waals surface area contributed by atoms with Crippen molar-refractivity contribution in [1.82, 2.24) is 5.32 Å². The third-order valence-corrected chi connectivity index (χ3v) is 5.94. The van der Waals surface area contributed by atoms with E-state index in [4.69, 9.17) is 0 Å². The number of rotatable bonds is 5. The van der Waals surface area contributed by atoms with Crippen molar-refractivity contribution in [2.24, 2.45) is 0 Å². The maximum atomic E-state index is 12.9. The number of aryl methyl sites for hydroxylation is 1. The summed E-state index contributed by atoms with van der Waals surface area (Å²) < 4.78 is 12.9. The first-order valence-corrected chi connectivity index (χ1v) is 9.14. The van der Waals surface area contributed by atoms with E-state index in [9.17, 15) is 4.21 Å². The van der Waals surface area contributed by atoms with Crippen LogP contribution in [0.4, 0.5) is 0 Å². The van der Waals surface area contributed by atoms with Crippen LogP contribution in [0.1, 0.15) is 51.0 Å². The van der Waals surface area contributed by atoms with Gasteiger partial charge in [-0.1, -0.05) is 38.3 Å². The second kappa shape index (κ2) is 7.94. The summed E-state index contributed by atoms with van der Waals surface area (Å²) in [6.45, 7) is 5.29. The molecule has 1 aromatic carbocycles. The zero-order valence-electron chi connectivity index (χ0n) is 12.7. The van der Waals surface area contributed by atoms with Gasteiger partial charge < -0.3 is 5.32 Å². The summed E-state index contributed by atoms with van der Waals surface area (Å²) in [5, 5.41) is 3.90. The summed E-state index contributed by atoms with van der Waals surface area (Å²) in [4.78, 5) is 1.00. The molecule has 0 heterocycles. The number of nitrogens with one attached hydrogen (secondary N) is 1. The van der Waals surface area contributed by atoms with E-state index in [2.05, 4.69) is 31.3 Å². The predicted molar refractivity (Wildman–Crippen MR) is 86.5 cm³/mol. The zero-order chi connectivity index (χ0) is 14.4. The van der Waals surface area contributed by atoms with Crippen LogP contribution < -0.4 is 5.32 Å². The Labute approximate surface area is 125 Å². The van der Waals surface area contributed by atoms with Gasteiger partial charge in [-0.3, -0.25) is 4.21 Å². The maximum Gasteiger partial charge on any atom is 0.0576 e. The summed E-state index contributed by atoms with van der Waals surface area (Å²) in [6, 6.07) is 8.61. The molecule has 1 aliphatic rings. The minimum absolute atomic E-state index is 0.269. The molecule has 1 N–H and O–H groups in total. The van der Waals surface area contributed by atoms with E-state index in [1.807, 2.05) is 12.1 Å². The Morgan fingerprint density at radius 2 is 2.05 bits per heavy atom. The fourth-order valence-electron chi connectivity index (χ4n) is 3.01. The van der Waals surface area contributed by atoms with Crippen molar-refractivity contribution in [2.45, 2.75) is 68.6 Å². The minimum Gasteiger partial charge on any atom is -0.313 e. The van der Waals surface area contributed by atoms with Crippen molar-refractivity contribution in [1.29, 1.82) is 0 Å². The van der Waals surface area contributed by atoms with Gasteiger partial charge in [0.1, 0.15) is 0 Å². The second-order valence-corrected chi connectivity index (χ2v) is 7.52. The lowest BCUT2D eigenvalue weighted by Crippen LogP contribution is -2.41. The summed E-state index contributed by atoms with van der Waals surface area (Å²) in [5.41, 5.74) is 1.20. The normalized spacial score (nSPS) is 25.1. The molecular formula is C17H27NOS. The average molecular weight is 293 g/mol. The molecule has 2 nitrogen and oxygen atoms in total. The lowest BCUT2D eigenvalue weighted by atomic mass is 10.1. The second-order valence-electron chi connectivity index (χ2n) is 5.85. The lowest BCUT2D eigenvalue weighted by molar-refractivity contribution is 0.463. The van der Waals surface area contributed by atoms with E-state index in [0.29, 0.717) is 6.04 Å². The highest BCUT2D eigenvalue weighted by atomic mass is 32.2. The third kappa shape index (κ3) is 4.16. The first-order valence-electron chi connectivity index (χ1n) is 7.93. The molecular weight excluding hydrogens is 266 g/mol. The molecule has 0 saturated heterocycles. The van der Waals surface area contributed by atoms with Crippen LogP contribution in [-0.2, 0) is 10.8 Å². The highest BCUT2D eigenvalue weighted by Crippen LogP contribution is 2.26. The van der Waals surface area contributed by atoms with Gasteiger partial charge in [0.25, 0.3) is 0 Å². The minimum atomic E-state index is -0.887. The van der Waals surface area contributed by atoms with Gasteiger partial charge in [-0.2, -0.15) is 0 Å². The fourth-order valence-corrected chi connectivity index (χ4v) is 4.78. The summed E-state index contributed by atoms with van der Waals surface area (Å²) in [6.07, 6.45) is 7.16. The first-order chi connectivity index (χ1) is 9.72. The Bertz CT molecular complexity index is 446. The number of benzene rings is 1. The smallest absolute Gasteiger partial charge is 0.0576 e. The van der Waals surface area contributed by atoms with Gasteiger partial charge in [-0.05, 0) is 50.4 Å². The molecule has 0 spiro atoms. The van der Waals surface area contributed by atoms with Gasteiger partial charge >= 0.3 is 0 Å². The van der Waals surface area contributed by atoms with Crippen LogP contribution in [-0.4, -0.2) is 22.0 Å². The van der Waals surface area contributed by atoms with E-state index in [-0.39, 0.29) is 5.25 Å². The summed E-state index contributed by atoms with van der Waals surface area (Å²) in [7, 11) is -0.887. The molecule has 112 valence electrons. The SMILES string of the molecule is CCCNC1CCCCCC1S(=O)c1cccc(C)c1. The molecule has 1 saturated carbocycles. The molecule has 0 amide bonds. The molecule has 0 aliphatic heterocycles. The Morgan fingerprint density at radius 3 is 2.80 bits per heavy atom. The predicted octanol–water partition coefficient (Wildman–Crippen LogP) is 3.80. The highest BCUT2D eigenvalue weighted by molar-refractivity contribution is 7.85. The standard InChI is InChI=1S/C17H27NOS/c1-3-12-18-16-10-5-4-6-11-17(16)20(19)15-9-7-8-14(2)13-15/h7-9,13,16-18H,3-6,10-12H2,1-2H3. The third-order valence-electron chi connectivity index (χ3n) is 4.11. The van der Waals surface area contributed by atoms with Crippen LogP contribution in [0.15, 0.2) is 29.2 Å². The van der Waals surface area contributed by atoms with Crippen LogP contribution in [0.2, 0.25) is 0 Å². The topological polar surface area (TPSA) is 29.1 Å². The van der Waals surface area contributed by atoms with Gasteiger partial charge in [0.2, 0.25) is 0 Å². The monoisotopic (exact) mass is 293 g/mol. The first kappa shape index (κ1) is 15.7. The molecule has 3 unspecified atom stereocenters. The molecule has 0 radical (unpaired) electrons. The van der Waals surface area contributed by atoms with Gasteiger partial charge in [-0.15, -0.1) is 0 Å². The molecule has 2 rings (SSSR count). The van der Waals surface area contributed by atoms with Crippen LogP contribution in [0.3, 0.4) is 0 Å². The molecule has 0 bridgehead atoms. The average Bonchev–Trinajstić information content (AvgIpc) is 2.69. The van der Waals surface area contributed by atoms with Crippen molar-refractivity contribution in [2.75, 3.05) is 6.54 Å². The van der Waals surface area contributed by atoms with Gasteiger partial charge in [0.05, 0.1) is 16.0 Å². The van der Waals surface area contributed by atoms with Gasteiger partial charge in [0, 0.05) is 10.9 Å². The molecule has 1 fully saturated rings. The molecule has 20 heavy (non-hydrogen) atoms. The van der Waals surface area contributed by atoms with E-state index in [1.54, 1.807) is 0 Å². The van der Waals surface area contributed by atoms with Crippen molar-refractivity contribution in [3.63, 3.8) is 0 Å². The largest absolute Gasteiger partial charge is 0.313 e. The molecule has 1 aliphatic carbocycles. The zero-order valence-corrected chi connectivity index (χ0v) is 13.5. The van der Waals surface area contributed by atoms with Crippen LogP contribution in [0, 0.1) is 6.92 Å². The Balaban J connectivity index is 2.14. The van der Waals surface area contributed by atoms with E-state index in [0.717, 1.165) is 24.3 Å². The summed E-state index contributed by atoms with van der Waals surface area (Å²) >= 11 is 0. The molecule has 3 heteroatoms. The van der Waals surface area contributed by atoms with Gasteiger partial charge in [0.15, 0.2) is 0 Å². The molecule has 3 atom stereocenters. The van der Waals surface area contributed by atoms with E-state index < -0.39 is 10.8 Å². The van der Waals surface area contributed by atoms with Gasteiger partial charge in [-0.25, -0.2) is 0 Å². The fraction of sp³-hybridized carbons (Fsp3) is 0.647. The van der Waals surface area contributed by atoms with Crippen molar-refractivity contribution >= 4 is 10.8 Å². The van der Waals surface area contributed by atoms with Crippen LogP contribution in [0.5, 0.6) is 0 Å². The number of hydrogen-bond donors (Lipinski definition) is 1. The maximum absolute atomic E-state index is 12.9. The number of hydrogen-bond acceptors (Lipinski definition) is 2. The van der Waals surface area contributed by atoms with E-state index in [1.165, 1.54) is 31.2 Å². The Morgan fingerprint density at radius 1 is 1.25 bits per heavy atom. The van der Waals surface area contributed by atoms with Crippen LogP contribution in [0.25, 0.3) is 0 Å². The quantitative estimate of drug-likeness (QED) is 0.837. The van der Waals surface area contributed by atoms with Crippen molar-refractivity contribution in [3.8, 4) is 0 Å². The Kier molecular flexibility index (Phi) is 6.24. The molecule has 0 aromatic heterocycles. The molecule has 1 aromatic rings. The lowest BCUT2D eigenvalue weighted by Gasteiger charge is -2.25. The van der Waals surface area contributed by atoms with Crippen LogP contribution >= 0.6 is 0 Å². The Hall–Kier alpha value is -0.670.